The van der Waals surface area contributed by atoms with Gasteiger partial charge in [0.05, 0.1) is 6.42 Å². The van der Waals surface area contributed by atoms with Crippen LogP contribution in [0.25, 0.3) is 0 Å². The quantitative estimate of drug-likeness (QED) is 0.922. The van der Waals surface area contributed by atoms with Crippen molar-refractivity contribution in [3.8, 4) is 0 Å². The highest BCUT2D eigenvalue weighted by molar-refractivity contribution is 5.79. The lowest BCUT2D eigenvalue weighted by Crippen LogP contribution is -2.46. The third-order valence-corrected chi connectivity index (χ3v) is 4.13. The first kappa shape index (κ1) is 15.5. The van der Waals surface area contributed by atoms with Gasteiger partial charge in [-0.25, -0.2) is 0 Å². The number of hydrogen-bond donors (Lipinski definition) is 1. The number of hydrogen-bond acceptors (Lipinski definition) is 2. The number of carbonyl (C=O) groups excluding carboxylic acids is 2. The van der Waals surface area contributed by atoms with Crippen molar-refractivity contribution in [2.75, 3.05) is 13.1 Å². The Morgan fingerprint density at radius 2 is 1.90 bits per heavy atom. The summed E-state index contributed by atoms with van der Waals surface area (Å²) in [4.78, 5) is 25.6. The van der Waals surface area contributed by atoms with Crippen LogP contribution in [0, 0.1) is 6.92 Å². The largest absolute Gasteiger partial charge is 0.353 e. The fourth-order valence-electron chi connectivity index (χ4n) is 2.76. The third-order valence-electron chi connectivity index (χ3n) is 4.13. The maximum absolute atomic E-state index is 12.1. The Bertz CT molecular complexity index is 505. The van der Waals surface area contributed by atoms with Gasteiger partial charge in [-0.2, -0.15) is 0 Å². The molecule has 2 amide bonds. The minimum Gasteiger partial charge on any atom is -0.353 e. The van der Waals surface area contributed by atoms with E-state index < -0.39 is 0 Å². The summed E-state index contributed by atoms with van der Waals surface area (Å²) in [5.74, 6) is 0.282. The number of likely N-dealkylation sites (tertiary alicyclic amines) is 1. The van der Waals surface area contributed by atoms with Gasteiger partial charge in [-0.1, -0.05) is 31.2 Å². The Balaban J connectivity index is 1.80. The van der Waals surface area contributed by atoms with Crippen LogP contribution in [0.4, 0.5) is 0 Å². The molecule has 114 valence electrons. The number of carbonyl (C=O) groups is 2. The van der Waals surface area contributed by atoms with Crippen LogP contribution >= 0.6 is 0 Å². The number of piperidine rings is 1. The molecule has 1 aliphatic rings. The fraction of sp³-hybridized carbons (Fsp3) is 0.529. The number of nitrogens with one attached hydrogen (secondary N) is 1. The number of nitrogens with zero attached hydrogens (tertiary/aromatic N) is 1. The van der Waals surface area contributed by atoms with E-state index in [1.807, 2.05) is 43.0 Å². The van der Waals surface area contributed by atoms with Gasteiger partial charge in [-0.05, 0) is 30.9 Å². The lowest BCUT2D eigenvalue weighted by molar-refractivity contribution is -0.132. The molecular formula is C17H24N2O2. The molecule has 0 bridgehead atoms. The molecule has 0 atom stereocenters. The first-order chi connectivity index (χ1) is 10.1. The summed E-state index contributed by atoms with van der Waals surface area (Å²) in [6.07, 6.45) is 2.70. The van der Waals surface area contributed by atoms with Crippen molar-refractivity contribution in [1.82, 2.24) is 10.2 Å². The SMILES string of the molecule is CCC(=O)N1CCC(NC(=O)Cc2ccccc2C)CC1. The summed E-state index contributed by atoms with van der Waals surface area (Å²) in [7, 11) is 0. The standard InChI is InChI=1S/C17H24N2O2/c1-3-17(21)19-10-8-15(9-11-19)18-16(20)12-14-7-5-4-6-13(14)2/h4-7,15H,3,8-12H2,1-2H3,(H,18,20). The number of rotatable bonds is 4. The molecule has 1 aromatic rings. The van der Waals surface area contributed by atoms with Crippen molar-refractivity contribution in [2.45, 2.75) is 45.6 Å². The highest BCUT2D eigenvalue weighted by Gasteiger charge is 2.22. The zero-order valence-corrected chi connectivity index (χ0v) is 12.9. The van der Waals surface area contributed by atoms with Gasteiger partial charge in [-0.15, -0.1) is 0 Å². The molecule has 0 unspecified atom stereocenters. The predicted octanol–water partition coefficient (Wildman–Crippen LogP) is 2.05. The minimum atomic E-state index is 0.0737. The van der Waals surface area contributed by atoms with Crippen molar-refractivity contribution in [2.24, 2.45) is 0 Å². The summed E-state index contributed by atoms with van der Waals surface area (Å²) >= 11 is 0. The van der Waals surface area contributed by atoms with E-state index in [9.17, 15) is 9.59 Å². The van der Waals surface area contributed by atoms with Crippen LogP contribution in [0.3, 0.4) is 0 Å². The zero-order valence-electron chi connectivity index (χ0n) is 12.9. The Labute approximate surface area is 126 Å². The highest BCUT2D eigenvalue weighted by Crippen LogP contribution is 2.12. The normalized spacial score (nSPS) is 15.8. The average molecular weight is 288 g/mol. The van der Waals surface area contributed by atoms with Crippen LogP contribution in [-0.4, -0.2) is 35.8 Å². The molecular weight excluding hydrogens is 264 g/mol. The Kier molecular flexibility index (Phi) is 5.37. The van der Waals surface area contributed by atoms with Crippen LogP contribution in [-0.2, 0) is 16.0 Å². The van der Waals surface area contributed by atoms with Gasteiger partial charge < -0.3 is 10.2 Å². The molecule has 2 rings (SSSR count). The van der Waals surface area contributed by atoms with Gasteiger partial charge in [0.25, 0.3) is 0 Å². The Morgan fingerprint density at radius 3 is 2.52 bits per heavy atom. The van der Waals surface area contributed by atoms with E-state index in [1.54, 1.807) is 0 Å². The summed E-state index contributed by atoms with van der Waals surface area (Å²) in [5, 5.41) is 3.10. The molecule has 0 radical (unpaired) electrons. The number of aryl methyl sites for hydroxylation is 1. The van der Waals surface area contributed by atoms with E-state index in [1.165, 1.54) is 0 Å². The molecule has 0 saturated carbocycles. The molecule has 0 aliphatic carbocycles. The van der Waals surface area contributed by atoms with E-state index in [4.69, 9.17) is 0 Å². The van der Waals surface area contributed by atoms with Gasteiger partial charge in [0.1, 0.15) is 0 Å². The molecule has 1 saturated heterocycles. The zero-order chi connectivity index (χ0) is 15.2. The van der Waals surface area contributed by atoms with Crippen molar-refractivity contribution in [1.29, 1.82) is 0 Å². The molecule has 0 aromatic heterocycles. The van der Waals surface area contributed by atoms with Crippen LogP contribution in [0.5, 0.6) is 0 Å². The number of benzene rings is 1. The van der Waals surface area contributed by atoms with Gasteiger partial charge in [0, 0.05) is 25.6 Å². The van der Waals surface area contributed by atoms with Crippen LogP contribution in [0.2, 0.25) is 0 Å². The van der Waals surface area contributed by atoms with Gasteiger partial charge in [0.2, 0.25) is 11.8 Å². The Morgan fingerprint density at radius 1 is 1.24 bits per heavy atom. The second-order valence-corrected chi connectivity index (χ2v) is 5.68. The average Bonchev–Trinajstić information content (AvgIpc) is 2.49. The summed E-state index contributed by atoms with van der Waals surface area (Å²) in [6.45, 7) is 5.42. The van der Waals surface area contributed by atoms with Crippen molar-refractivity contribution < 1.29 is 9.59 Å². The molecule has 21 heavy (non-hydrogen) atoms. The topological polar surface area (TPSA) is 49.4 Å². The van der Waals surface area contributed by atoms with Crippen molar-refractivity contribution in [3.05, 3.63) is 35.4 Å². The second-order valence-electron chi connectivity index (χ2n) is 5.68. The molecule has 4 nitrogen and oxygen atoms in total. The van der Waals surface area contributed by atoms with E-state index in [0.717, 1.165) is 37.1 Å². The molecule has 1 N–H and O–H groups in total. The van der Waals surface area contributed by atoms with Crippen LogP contribution < -0.4 is 5.32 Å². The monoisotopic (exact) mass is 288 g/mol. The lowest BCUT2D eigenvalue weighted by atomic mass is 10.0. The fourth-order valence-corrected chi connectivity index (χ4v) is 2.76. The molecule has 1 aliphatic heterocycles. The third kappa shape index (κ3) is 4.31. The maximum Gasteiger partial charge on any atom is 0.224 e. The maximum atomic E-state index is 12.1. The highest BCUT2D eigenvalue weighted by atomic mass is 16.2. The van der Waals surface area contributed by atoms with E-state index in [-0.39, 0.29) is 17.9 Å². The molecule has 1 aromatic carbocycles. The van der Waals surface area contributed by atoms with Crippen molar-refractivity contribution >= 4 is 11.8 Å². The van der Waals surface area contributed by atoms with Crippen LogP contribution in [0.15, 0.2) is 24.3 Å². The van der Waals surface area contributed by atoms with E-state index in [2.05, 4.69) is 5.32 Å². The first-order valence-corrected chi connectivity index (χ1v) is 7.71. The second kappa shape index (κ2) is 7.25. The lowest BCUT2D eigenvalue weighted by Gasteiger charge is -2.32. The molecule has 1 fully saturated rings. The van der Waals surface area contributed by atoms with E-state index >= 15 is 0 Å². The number of amides is 2. The van der Waals surface area contributed by atoms with Crippen molar-refractivity contribution in [3.63, 3.8) is 0 Å². The predicted molar refractivity (Wildman–Crippen MR) is 82.9 cm³/mol. The summed E-state index contributed by atoms with van der Waals surface area (Å²) in [5.41, 5.74) is 2.23. The smallest absolute Gasteiger partial charge is 0.224 e. The molecule has 0 spiro atoms. The minimum absolute atomic E-state index is 0.0737. The molecule has 1 heterocycles. The van der Waals surface area contributed by atoms with Gasteiger partial charge >= 0.3 is 0 Å². The first-order valence-electron chi connectivity index (χ1n) is 7.71. The molecule has 4 heteroatoms. The summed E-state index contributed by atoms with van der Waals surface area (Å²) < 4.78 is 0. The Hall–Kier alpha value is -1.84. The van der Waals surface area contributed by atoms with Gasteiger partial charge in [0.15, 0.2) is 0 Å². The van der Waals surface area contributed by atoms with Gasteiger partial charge in [-0.3, -0.25) is 9.59 Å². The van der Waals surface area contributed by atoms with E-state index in [0.29, 0.717) is 12.8 Å². The summed E-state index contributed by atoms with van der Waals surface area (Å²) in [6, 6.07) is 8.17. The van der Waals surface area contributed by atoms with Crippen LogP contribution in [0.1, 0.15) is 37.3 Å².